The van der Waals surface area contributed by atoms with Gasteiger partial charge >= 0.3 is 0 Å². The average Bonchev–Trinajstić information content (AvgIpc) is 3.45. The number of hydrogen-bond acceptors (Lipinski definition) is 6. The van der Waals surface area contributed by atoms with Crippen molar-refractivity contribution >= 4 is 34.0 Å². The third-order valence-corrected chi connectivity index (χ3v) is 6.29. The van der Waals surface area contributed by atoms with E-state index in [-0.39, 0.29) is 11.4 Å². The molecule has 0 radical (unpaired) electrons. The van der Waals surface area contributed by atoms with Gasteiger partial charge in [-0.05, 0) is 47.8 Å². The Morgan fingerprint density at radius 3 is 2.67 bits per heavy atom. The molecule has 148 valence electrons. The van der Waals surface area contributed by atoms with Crippen molar-refractivity contribution in [3.63, 3.8) is 0 Å². The molecule has 0 aliphatic carbocycles. The lowest BCUT2D eigenvalue weighted by molar-refractivity contribution is 0.575. The van der Waals surface area contributed by atoms with Gasteiger partial charge in [-0.2, -0.15) is 0 Å². The Labute approximate surface area is 178 Å². The zero-order valence-electron chi connectivity index (χ0n) is 15.5. The Morgan fingerprint density at radius 2 is 1.87 bits per heavy atom. The van der Waals surface area contributed by atoms with Gasteiger partial charge in [0.25, 0.3) is 5.56 Å². The van der Waals surface area contributed by atoms with Gasteiger partial charge in [0.1, 0.15) is 12.1 Å². The normalized spacial score (nSPS) is 11.2. The summed E-state index contributed by atoms with van der Waals surface area (Å²) in [5.74, 6) is 0.683. The first-order chi connectivity index (χ1) is 14.7. The largest absolute Gasteiger partial charge is 0.444 e. The minimum absolute atomic E-state index is 0.200. The van der Waals surface area contributed by atoms with E-state index in [1.54, 1.807) is 47.9 Å². The van der Waals surface area contributed by atoms with E-state index in [0.717, 1.165) is 10.6 Å². The maximum absolute atomic E-state index is 13.4. The lowest BCUT2D eigenvalue weighted by Crippen LogP contribution is -2.21. The zero-order valence-corrected chi connectivity index (χ0v) is 17.1. The van der Waals surface area contributed by atoms with Gasteiger partial charge in [-0.1, -0.05) is 30.0 Å². The van der Waals surface area contributed by atoms with Gasteiger partial charge in [0.15, 0.2) is 5.16 Å². The van der Waals surface area contributed by atoms with E-state index >= 15 is 0 Å². The van der Waals surface area contributed by atoms with Crippen LogP contribution in [0.5, 0.6) is 0 Å². The number of thioether (sulfide) groups is 1. The number of benzene rings is 2. The van der Waals surface area contributed by atoms with Crippen LogP contribution in [-0.2, 0) is 5.75 Å². The third-order valence-electron chi connectivity index (χ3n) is 4.46. The Hall–Kier alpha value is -3.23. The van der Waals surface area contributed by atoms with Crippen LogP contribution in [0.25, 0.3) is 27.4 Å². The van der Waals surface area contributed by atoms with Crippen molar-refractivity contribution < 1.29 is 8.81 Å². The summed E-state index contributed by atoms with van der Waals surface area (Å²) in [5.41, 5.74) is 1.72. The van der Waals surface area contributed by atoms with Crippen LogP contribution in [0, 0.1) is 5.82 Å². The molecule has 0 bridgehead atoms. The Balaban J connectivity index is 1.53. The second-order valence-corrected chi connectivity index (χ2v) is 8.33. The lowest BCUT2D eigenvalue weighted by Gasteiger charge is -2.12. The van der Waals surface area contributed by atoms with E-state index in [0.29, 0.717) is 33.4 Å². The first kappa shape index (κ1) is 18.8. The van der Waals surface area contributed by atoms with Crippen molar-refractivity contribution in [3.05, 3.63) is 94.2 Å². The molecule has 3 aromatic heterocycles. The smallest absolute Gasteiger partial charge is 0.266 e. The van der Waals surface area contributed by atoms with Crippen LogP contribution in [-0.4, -0.2) is 14.5 Å². The molecular formula is C22H14FN3O2S2. The highest BCUT2D eigenvalue weighted by Gasteiger charge is 2.15. The number of oxazole rings is 1. The summed E-state index contributed by atoms with van der Waals surface area (Å²) in [5, 5.41) is 2.98. The number of fused-ring (bicyclic) bond motifs is 1. The summed E-state index contributed by atoms with van der Waals surface area (Å²) >= 11 is 2.93. The van der Waals surface area contributed by atoms with E-state index < -0.39 is 0 Å². The van der Waals surface area contributed by atoms with Crippen molar-refractivity contribution in [2.45, 2.75) is 10.9 Å². The van der Waals surface area contributed by atoms with Crippen molar-refractivity contribution in [3.8, 4) is 16.5 Å². The lowest BCUT2D eigenvalue weighted by atomic mass is 10.2. The number of aromatic nitrogens is 3. The molecular weight excluding hydrogens is 421 g/mol. The quantitative estimate of drug-likeness (QED) is 0.268. The van der Waals surface area contributed by atoms with Gasteiger partial charge in [-0.15, -0.1) is 11.3 Å². The predicted molar refractivity (Wildman–Crippen MR) is 117 cm³/mol. The van der Waals surface area contributed by atoms with E-state index in [1.165, 1.54) is 28.5 Å². The SMILES string of the molecule is O=c1c2ccccc2nc(SCc2coc(-c3cccs3)n2)n1-c1ccc(F)cc1. The fraction of sp³-hybridized carbons (Fsp3) is 0.0455. The highest BCUT2D eigenvalue weighted by molar-refractivity contribution is 7.98. The fourth-order valence-corrected chi connectivity index (χ4v) is 4.60. The number of para-hydroxylation sites is 1. The molecule has 0 aliphatic heterocycles. The van der Waals surface area contributed by atoms with Crippen molar-refractivity contribution in [2.75, 3.05) is 0 Å². The fourth-order valence-electron chi connectivity index (χ4n) is 3.05. The summed E-state index contributed by atoms with van der Waals surface area (Å²) in [6.45, 7) is 0. The minimum Gasteiger partial charge on any atom is -0.444 e. The van der Waals surface area contributed by atoms with Gasteiger partial charge in [0.2, 0.25) is 5.89 Å². The molecule has 0 aliphatic rings. The van der Waals surface area contributed by atoms with E-state index in [4.69, 9.17) is 4.42 Å². The minimum atomic E-state index is -0.363. The maximum atomic E-state index is 13.4. The van der Waals surface area contributed by atoms with E-state index in [9.17, 15) is 9.18 Å². The maximum Gasteiger partial charge on any atom is 0.266 e. The molecule has 0 N–H and O–H groups in total. The Morgan fingerprint density at radius 1 is 1.03 bits per heavy atom. The molecule has 0 atom stereocenters. The van der Waals surface area contributed by atoms with Gasteiger partial charge in [-0.25, -0.2) is 14.4 Å². The standard InChI is InChI=1S/C22H14FN3O2S2/c23-14-7-9-16(10-8-14)26-21(27)17-4-1-2-5-18(17)25-22(26)30-13-15-12-28-20(24-15)19-6-3-11-29-19/h1-12H,13H2. The highest BCUT2D eigenvalue weighted by atomic mass is 32.2. The van der Waals surface area contributed by atoms with Gasteiger partial charge in [-0.3, -0.25) is 9.36 Å². The summed E-state index contributed by atoms with van der Waals surface area (Å²) in [6.07, 6.45) is 1.61. The molecule has 5 aromatic rings. The molecule has 0 spiro atoms. The van der Waals surface area contributed by atoms with Crippen LogP contribution < -0.4 is 5.56 Å². The van der Waals surface area contributed by atoms with Crippen LogP contribution in [0.15, 0.2) is 86.7 Å². The molecule has 0 unspecified atom stereocenters. The predicted octanol–water partition coefficient (Wildman–Crippen LogP) is 5.53. The molecule has 30 heavy (non-hydrogen) atoms. The first-order valence-corrected chi connectivity index (χ1v) is 10.9. The first-order valence-electron chi connectivity index (χ1n) is 9.08. The van der Waals surface area contributed by atoms with Crippen molar-refractivity contribution in [1.82, 2.24) is 14.5 Å². The van der Waals surface area contributed by atoms with E-state index in [2.05, 4.69) is 9.97 Å². The molecule has 0 fully saturated rings. The number of halogens is 1. The Bertz CT molecular complexity index is 1380. The number of thiophene rings is 1. The molecule has 8 heteroatoms. The monoisotopic (exact) mass is 435 g/mol. The second-order valence-electron chi connectivity index (χ2n) is 6.44. The summed E-state index contributed by atoms with van der Waals surface area (Å²) in [7, 11) is 0. The van der Waals surface area contributed by atoms with E-state index in [1.807, 2.05) is 23.6 Å². The molecule has 0 amide bonds. The Kier molecular flexibility index (Phi) is 4.94. The zero-order chi connectivity index (χ0) is 20.5. The van der Waals surface area contributed by atoms with Crippen LogP contribution in [0.1, 0.15) is 5.69 Å². The number of hydrogen-bond donors (Lipinski definition) is 0. The summed E-state index contributed by atoms with van der Waals surface area (Å²) in [6, 6.07) is 16.9. The van der Waals surface area contributed by atoms with Crippen LogP contribution in [0.2, 0.25) is 0 Å². The van der Waals surface area contributed by atoms with Crippen molar-refractivity contribution in [2.24, 2.45) is 0 Å². The highest BCUT2D eigenvalue weighted by Crippen LogP contribution is 2.28. The third kappa shape index (κ3) is 3.55. The molecule has 3 heterocycles. The molecule has 5 rings (SSSR count). The molecule has 0 saturated carbocycles. The van der Waals surface area contributed by atoms with Crippen LogP contribution in [0.3, 0.4) is 0 Å². The molecule has 5 nitrogen and oxygen atoms in total. The second kappa shape index (κ2) is 7.89. The average molecular weight is 436 g/mol. The van der Waals surface area contributed by atoms with Crippen LogP contribution >= 0.6 is 23.1 Å². The van der Waals surface area contributed by atoms with Gasteiger partial charge in [0, 0.05) is 5.75 Å². The van der Waals surface area contributed by atoms with Gasteiger partial charge in [0.05, 0.1) is 27.2 Å². The van der Waals surface area contributed by atoms with Crippen molar-refractivity contribution in [1.29, 1.82) is 0 Å². The topological polar surface area (TPSA) is 60.9 Å². The number of rotatable bonds is 5. The van der Waals surface area contributed by atoms with Crippen LogP contribution in [0.4, 0.5) is 4.39 Å². The molecule has 2 aromatic carbocycles. The molecule has 0 saturated heterocycles. The summed E-state index contributed by atoms with van der Waals surface area (Å²) < 4.78 is 20.5. The number of nitrogens with zero attached hydrogens (tertiary/aromatic N) is 3. The summed E-state index contributed by atoms with van der Waals surface area (Å²) in [4.78, 5) is 23.4. The van der Waals surface area contributed by atoms with Gasteiger partial charge < -0.3 is 4.42 Å².